The van der Waals surface area contributed by atoms with Crippen molar-refractivity contribution in [3.8, 4) is 0 Å². The summed E-state index contributed by atoms with van der Waals surface area (Å²) in [6, 6.07) is -0.377. The van der Waals surface area contributed by atoms with Crippen LogP contribution in [-0.2, 0) is 9.59 Å². The van der Waals surface area contributed by atoms with Crippen LogP contribution < -0.4 is 5.32 Å². The van der Waals surface area contributed by atoms with Crippen molar-refractivity contribution >= 4 is 28.3 Å². The summed E-state index contributed by atoms with van der Waals surface area (Å²) in [6.07, 6.45) is 6.00. The standard InChI is InChI=1S/C17H28N4O2S/c1-4-9-14(22)21-11-8-7-10-13(21)15(23)18-17-20-19-16(24-17)12(5-2)6-3/h12-13H,4-11H2,1-3H3,(H,18,20,23). The average Bonchev–Trinajstić information content (AvgIpc) is 3.04. The molecule has 0 bridgehead atoms. The molecule has 6 nitrogen and oxygen atoms in total. The van der Waals surface area contributed by atoms with E-state index in [2.05, 4.69) is 29.4 Å². The van der Waals surface area contributed by atoms with E-state index in [9.17, 15) is 9.59 Å². The Morgan fingerprint density at radius 2 is 2.00 bits per heavy atom. The van der Waals surface area contributed by atoms with E-state index < -0.39 is 0 Å². The smallest absolute Gasteiger partial charge is 0.249 e. The lowest BCUT2D eigenvalue weighted by molar-refractivity contribution is -0.140. The second kappa shape index (κ2) is 9.11. The van der Waals surface area contributed by atoms with Crippen LogP contribution in [0.5, 0.6) is 0 Å². The van der Waals surface area contributed by atoms with Gasteiger partial charge in [-0.15, -0.1) is 10.2 Å². The van der Waals surface area contributed by atoms with Crippen molar-refractivity contribution in [3.63, 3.8) is 0 Å². The minimum atomic E-state index is -0.377. The Labute approximate surface area is 148 Å². The van der Waals surface area contributed by atoms with Crippen molar-refractivity contribution in [1.29, 1.82) is 0 Å². The summed E-state index contributed by atoms with van der Waals surface area (Å²) in [5.41, 5.74) is 0. The summed E-state index contributed by atoms with van der Waals surface area (Å²) in [4.78, 5) is 26.6. The molecule has 0 aromatic carbocycles. The van der Waals surface area contributed by atoms with Gasteiger partial charge in [0.15, 0.2) is 0 Å². The van der Waals surface area contributed by atoms with Crippen LogP contribution in [0.2, 0.25) is 0 Å². The summed E-state index contributed by atoms with van der Waals surface area (Å²) in [6.45, 7) is 6.92. The van der Waals surface area contributed by atoms with Crippen molar-refractivity contribution in [1.82, 2.24) is 15.1 Å². The third kappa shape index (κ3) is 4.53. The molecule has 1 aliphatic rings. The van der Waals surface area contributed by atoms with Gasteiger partial charge in [0.25, 0.3) is 0 Å². The van der Waals surface area contributed by atoms with Crippen molar-refractivity contribution in [2.45, 2.75) is 77.7 Å². The highest BCUT2D eigenvalue weighted by molar-refractivity contribution is 7.15. The first-order valence-electron chi connectivity index (χ1n) is 9.04. The lowest BCUT2D eigenvalue weighted by Gasteiger charge is -2.34. The number of likely N-dealkylation sites (tertiary alicyclic amines) is 1. The molecule has 1 aromatic rings. The molecular weight excluding hydrogens is 324 g/mol. The number of rotatable bonds is 7. The predicted octanol–water partition coefficient (Wildman–Crippen LogP) is 3.56. The van der Waals surface area contributed by atoms with Crippen LogP contribution in [0.25, 0.3) is 0 Å². The highest BCUT2D eigenvalue weighted by atomic mass is 32.1. The first kappa shape index (κ1) is 18.8. The van der Waals surface area contributed by atoms with Crippen molar-refractivity contribution in [2.75, 3.05) is 11.9 Å². The Bertz CT molecular complexity index is 557. The van der Waals surface area contributed by atoms with Crippen LogP contribution in [0.1, 0.15) is 76.6 Å². The number of carbonyl (C=O) groups excluding carboxylic acids is 2. The van der Waals surface area contributed by atoms with E-state index in [-0.39, 0.29) is 17.9 Å². The summed E-state index contributed by atoms with van der Waals surface area (Å²) in [5.74, 6) is 0.337. The molecule has 2 amide bonds. The van der Waals surface area contributed by atoms with E-state index >= 15 is 0 Å². The van der Waals surface area contributed by atoms with Gasteiger partial charge in [0, 0.05) is 18.9 Å². The van der Waals surface area contributed by atoms with Gasteiger partial charge < -0.3 is 4.90 Å². The molecule has 2 heterocycles. The minimum absolute atomic E-state index is 0.0762. The lowest BCUT2D eigenvalue weighted by atomic mass is 10.0. The van der Waals surface area contributed by atoms with Gasteiger partial charge in [-0.05, 0) is 38.5 Å². The molecule has 134 valence electrons. The van der Waals surface area contributed by atoms with Gasteiger partial charge >= 0.3 is 0 Å². The van der Waals surface area contributed by atoms with Crippen molar-refractivity contribution in [2.24, 2.45) is 0 Å². The second-order valence-corrected chi connectivity index (χ2v) is 7.31. The SMILES string of the molecule is CCCC(=O)N1CCCCC1C(=O)Nc1nnc(C(CC)CC)s1. The molecule has 1 aromatic heterocycles. The second-order valence-electron chi connectivity index (χ2n) is 6.30. The van der Waals surface area contributed by atoms with Crippen molar-refractivity contribution < 1.29 is 9.59 Å². The fraction of sp³-hybridized carbons (Fsp3) is 0.765. The number of nitrogens with zero attached hydrogens (tertiary/aromatic N) is 3. The number of hydrogen-bond donors (Lipinski definition) is 1. The molecule has 1 aliphatic heterocycles. The van der Waals surface area contributed by atoms with Crippen molar-refractivity contribution in [3.05, 3.63) is 5.01 Å². The molecule has 0 radical (unpaired) electrons. The molecule has 1 saturated heterocycles. The summed E-state index contributed by atoms with van der Waals surface area (Å²) >= 11 is 1.44. The molecule has 2 rings (SSSR count). The van der Waals surface area contributed by atoms with Gasteiger partial charge in [0.05, 0.1) is 0 Å². The topological polar surface area (TPSA) is 75.2 Å². The van der Waals surface area contributed by atoms with E-state index in [1.165, 1.54) is 11.3 Å². The van der Waals surface area contributed by atoms with Gasteiger partial charge in [-0.25, -0.2) is 0 Å². The molecule has 0 spiro atoms. The van der Waals surface area contributed by atoms with Crippen LogP contribution in [0.15, 0.2) is 0 Å². The number of anilines is 1. The fourth-order valence-corrected chi connectivity index (χ4v) is 4.15. The van der Waals surface area contributed by atoms with Gasteiger partial charge in [0.1, 0.15) is 11.0 Å². The number of aromatic nitrogens is 2. The van der Waals surface area contributed by atoms with Crippen LogP contribution in [0.3, 0.4) is 0 Å². The van der Waals surface area contributed by atoms with Crippen LogP contribution in [-0.4, -0.2) is 39.5 Å². The molecule has 0 saturated carbocycles. The molecule has 1 unspecified atom stereocenters. The Morgan fingerprint density at radius 1 is 1.25 bits per heavy atom. The number of piperidine rings is 1. The predicted molar refractivity (Wildman–Crippen MR) is 96.1 cm³/mol. The van der Waals surface area contributed by atoms with Gasteiger partial charge in [0.2, 0.25) is 16.9 Å². The largest absolute Gasteiger partial charge is 0.331 e. The minimum Gasteiger partial charge on any atom is -0.331 e. The number of nitrogens with one attached hydrogen (secondary N) is 1. The normalized spacial score (nSPS) is 18.0. The van der Waals surface area contributed by atoms with Gasteiger partial charge in [-0.2, -0.15) is 0 Å². The third-order valence-corrected chi connectivity index (χ3v) is 5.60. The Hall–Kier alpha value is -1.50. The van der Waals surface area contributed by atoms with E-state index in [4.69, 9.17) is 0 Å². The highest BCUT2D eigenvalue weighted by Gasteiger charge is 2.32. The fourth-order valence-electron chi connectivity index (χ4n) is 3.14. The Morgan fingerprint density at radius 3 is 2.67 bits per heavy atom. The zero-order chi connectivity index (χ0) is 17.5. The summed E-state index contributed by atoms with van der Waals surface area (Å²) < 4.78 is 0. The monoisotopic (exact) mass is 352 g/mol. The van der Waals surface area contributed by atoms with Gasteiger partial charge in [-0.3, -0.25) is 14.9 Å². The highest BCUT2D eigenvalue weighted by Crippen LogP contribution is 2.28. The first-order chi connectivity index (χ1) is 11.6. The molecule has 0 aliphatic carbocycles. The Kier molecular flexibility index (Phi) is 7.15. The number of carbonyl (C=O) groups is 2. The maximum absolute atomic E-state index is 12.6. The van der Waals surface area contributed by atoms with E-state index in [1.54, 1.807) is 4.90 Å². The molecule has 24 heavy (non-hydrogen) atoms. The maximum Gasteiger partial charge on any atom is 0.249 e. The molecule has 1 fully saturated rings. The van der Waals surface area contributed by atoms with E-state index in [0.29, 0.717) is 24.0 Å². The first-order valence-corrected chi connectivity index (χ1v) is 9.86. The quantitative estimate of drug-likeness (QED) is 0.814. The van der Waals surface area contributed by atoms with Crippen LogP contribution in [0.4, 0.5) is 5.13 Å². The van der Waals surface area contributed by atoms with E-state index in [1.807, 2.05) is 6.92 Å². The number of amides is 2. The van der Waals surface area contributed by atoms with Crippen LogP contribution >= 0.6 is 11.3 Å². The lowest BCUT2D eigenvalue weighted by Crippen LogP contribution is -2.49. The molecule has 1 N–H and O–H groups in total. The zero-order valence-electron chi connectivity index (χ0n) is 14.9. The zero-order valence-corrected chi connectivity index (χ0v) is 15.7. The molecular formula is C17H28N4O2S. The molecule has 1 atom stereocenters. The summed E-state index contributed by atoms with van der Waals surface area (Å²) in [5, 5.41) is 12.7. The maximum atomic E-state index is 12.6. The van der Waals surface area contributed by atoms with E-state index in [0.717, 1.165) is 43.5 Å². The molecule has 7 heteroatoms. The Balaban J connectivity index is 2.03. The van der Waals surface area contributed by atoms with Crippen LogP contribution in [0, 0.1) is 0 Å². The average molecular weight is 353 g/mol. The summed E-state index contributed by atoms with van der Waals surface area (Å²) in [7, 11) is 0. The third-order valence-electron chi connectivity index (χ3n) is 4.60. The van der Waals surface area contributed by atoms with Gasteiger partial charge in [-0.1, -0.05) is 32.1 Å². The number of hydrogen-bond acceptors (Lipinski definition) is 5.